The minimum Gasteiger partial charge on any atom is -0.481 e. The lowest BCUT2D eigenvalue weighted by molar-refractivity contribution is -0.393. The summed E-state index contributed by atoms with van der Waals surface area (Å²) in [6, 6.07) is 3.35. The molecule has 1 aromatic rings. The lowest BCUT2D eigenvalue weighted by Gasteiger charge is -2.09. The number of amides is 1. The van der Waals surface area contributed by atoms with Crippen molar-refractivity contribution in [3.63, 3.8) is 0 Å². The second-order valence-electron chi connectivity index (χ2n) is 5.96. The van der Waals surface area contributed by atoms with Gasteiger partial charge in [0.2, 0.25) is 5.91 Å². The quantitative estimate of drug-likeness (QED) is 0.197. The molecule has 0 atom stereocenters. The number of hydrogen-bond donors (Lipinski definition) is 3. The van der Waals surface area contributed by atoms with Crippen molar-refractivity contribution >= 4 is 28.9 Å². The van der Waals surface area contributed by atoms with Crippen molar-refractivity contribution in [3.8, 4) is 0 Å². The zero-order chi connectivity index (χ0) is 22.4. The minimum absolute atomic E-state index is 0.0545. The van der Waals surface area contributed by atoms with E-state index >= 15 is 0 Å². The Morgan fingerprint density at radius 2 is 1.67 bits per heavy atom. The summed E-state index contributed by atoms with van der Waals surface area (Å²) in [5.41, 5.74) is -0.584. The molecule has 0 unspecified atom stereocenters. The van der Waals surface area contributed by atoms with Crippen LogP contribution < -0.4 is 10.6 Å². The van der Waals surface area contributed by atoms with Gasteiger partial charge in [-0.25, -0.2) is 0 Å². The molecule has 1 rings (SSSR count). The van der Waals surface area contributed by atoms with Gasteiger partial charge in [0.15, 0.2) is 0 Å². The third kappa shape index (κ3) is 10.3. The van der Waals surface area contributed by atoms with Gasteiger partial charge in [-0.2, -0.15) is 0 Å². The Kier molecular flexibility index (Phi) is 11.4. The Balaban J connectivity index is 2.09. The number of carbonyl (C=O) groups is 2. The first-order valence-corrected chi connectivity index (χ1v) is 9.12. The number of nitro benzene ring substituents is 2. The Bertz CT molecular complexity index is 742. The van der Waals surface area contributed by atoms with Crippen molar-refractivity contribution in [2.45, 2.75) is 19.3 Å². The van der Waals surface area contributed by atoms with Crippen LogP contribution in [0.25, 0.3) is 0 Å². The Labute approximate surface area is 171 Å². The number of hydrogen-bond acceptors (Lipinski definition) is 9. The lowest BCUT2D eigenvalue weighted by atomic mass is 10.2. The molecule has 0 aromatic heterocycles. The highest BCUT2D eigenvalue weighted by atomic mass is 16.6. The van der Waals surface area contributed by atoms with E-state index in [4.69, 9.17) is 14.6 Å². The van der Waals surface area contributed by atoms with Crippen LogP contribution in [-0.4, -0.2) is 66.3 Å². The van der Waals surface area contributed by atoms with Gasteiger partial charge in [0.1, 0.15) is 5.69 Å². The largest absolute Gasteiger partial charge is 0.481 e. The molecule has 0 bridgehead atoms. The van der Waals surface area contributed by atoms with E-state index < -0.39 is 15.8 Å². The topological polar surface area (TPSA) is 183 Å². The number of non-ortho nitro benzene ring substituents is 1. The van der Waals surface area contributed by atoms with Crippen LogP contribution in [0.1, 0.15) is 19.3 Å². The number of rotatable bonds is 16. The molecule has 3 N–H and O–H groups in total. The van der Waals surface area contributed by atoms with E-state index in [0.29, 0.717) is 32.8 Å². The van der Waals surface area contributed by atoms with E-state index in [1.165, 1.54) is 12.1 Å². The average molecular weight is 428 g/mol. The van der Waals surface area contributed by atoms with Crippen LogP contribution in [0.4, 0.5) is 17.1 Å². The zero-order valence-corrected chi connectivity index (χ0v) is 16.2. The van der Waals surface area contributed by atoms with Crippen LogP contribution in [0.5, 0.6) is 0 Å². The maximum Gasteiger partial charge on any atom is 0.303 e. The number of nitrogens with one attached hydrogen (secondary N) is 2. The molecular weight excluding hydrogens is 404 g/mol. The zero-order valence-electron chi connectivity index (χ0n) is 16.2. The van der Waals surface area contributed by atoms with E-state index in [-0.39, 0.29) is 49.0 Å². The second-order valence-corrected chi connectivity index (χ2v) is 5.96. The molecule has 30 heavy (non-hydrogen) atoms. The van der Waals surface area contributed by atoms with Gasteiger partial charge in [-0.15, -0.1) is 0 Å². The maximum absolute atomic E-state index is 11.3. The highest BCUT2D eigenvalue weighted by molar-refractivity contribution is 5.80. The fraction of sp³-hybridized carbons (Fsp3) is 0.529. The Hall–Kier alpha value is -3.32. The number of aliphatic carboxylic acids is 1. The maximum atomic E-state index is 11.3. The minimum atomic E-state index is -1.02. The van der Waals surface area contributed by atoms with Crippen LogP contribution in [-0.2, 0) is 19.1 Å². The first kappa shape index (κ1) is 24.7. The Morgan fingerprint density at radius 3 is 2.30 bits per heavy atom. The van der Waals surface area contributed by atoms with E-state index in [0.717, 1.165) is 6.07 Å². The number of nitro groups is 2. The predicted molar refractivity (Wildman–Crippen MR) is 104 cm³/mol. The molecule has 0 saturated heterocycles. The van der Waals surface area contributed by atoms with Crippen molar-refractivity contribution in [3.05, 3.63) is 38.4 Å². The summed E-state index contributed by atoms with van der Waals surface area (Å²) in [5, 5.41) is 35.6. The molecule has 0 fully saturated rings. The molecule has 0 heterocycles. The van der Waals surface area contributed by atoms with Crippen molar-refractivity contribution in [1.82, 2.24) is 5.32 Å². The summed E-state index contributed by atoms with van der Waals surface area (Å²) in [5.74, 6) is -1.34. The van der Waals surface area contributed by atoms with Crippen LogP contribution in [0, 0.1) is 20.2 Å². The third-order valence-electron chi connectivity index (χ3n) is 3.68. The van der Waals surface area contributed by atoms with Gasteiger partial charge in [0.25, 0.3) is 11.4 Å². The number of ether oxygens (including phenoxy) is 2. The summed E-state index contributed by atoms with van der Waals surface area (Å²) in [6.45, 7) is 1.92. The van der Waals surface area contributed by atoms with Crippen LogP contribution in [0.15, 0.2) is 18.2 Å². The smallest absolute Gasteiger partial charge is 0.303 e. The van der Waals surface area contributed by atoms with E-state index in [9.17, 15) is 29.8 Å². The summed E-state index contributed by atoms with van der Waals surface area (Å²) in [4.78, 5) is 41.9. The molecule has 0 aliphatic carbocycles. The average Bonchev–Trinajstić information content (AvgIpc) is 2.70. The standard InChI is InChI=1S/C17H24N4O9/c22-16(4-5-17(23)24)19-6-1-8-29-10-11-30-9-7-18-14-3-2-13(20(25)26)12-15(14)21(27)28/h2-3,12,18H,1,4-11H2,(H,19,22)(H,23,24). The van der Waals surface area contributed by atoms with Gasteiger partial charge < -0.3 is 25.2 Å². The summed E-state index contributed by atoms with van der Waals surface area (Å²) >= 11 is 0. The lowest BCUT2D eigenvalue weighted by Crippen LogP contribution is -2.25. The summed E-state index contributed by atoms with van der Waals surface area (Å²) in [6.07, 6.45) is 0.317. The molecule has 166 valence electrons. The molecule has 1 aromatic carbocycles. The number of benzene rings is 1. The van der Waals surface area contributed by atoms with Crippen molar-refractivity contribution < 1.29 is 34.0 Å². The Morgan fingerprint density at radius 1 is 0.967 bits per heavy atom. The van der Waals surface area contributed by atoms with Crippen LogP contribution in [0.2, 0.25) is 0 Å². The summed E-state index contributed by atoms with van der Waals surface area (Å²) < 4.78 is 10.6. The molecule has 1 amide bonds. The molecule has 13 heteroatoms. The van der Waals surface area contributed by atoms with Gasteiger partial charge in [-0.1, -0.05) is 0 Å². The molecular formula is C17H24N4O9. The van der Waals surface area contributed by atoms with Gasteiger partial charge in [-0.05, 0) is 12.5 Å². The number of carboxylic acid groups (broad SMARTS) is 1. The highest BCUT2D eigenvalue weighted by Gasteiger charge is 2.18. The SMILES string of the molecule is O=C(O)CCC(=O)NCCCOCCOCCNc1ccc([N+](=O)[O-])cc1[N+](=O)[O-]. The van der Waals surface area contributed by atoms with Crippen LogP contribution in [0.3, 0.4) is 0 Å². The highest BCUT2D eigenvalue weighted by Crippen LogP contribution is 2.28. The van der Waals surface area contributed by atoms with Gasteiger partial charge in [-0.3, -0.25) is 29.8 Å². The second kappa shape index (κ2) is 13.8. The van der Waals surface area contributed by atoms with E-state index in [1.54, 1.807) is 0 Å². The number of nitrogens with zero attached hydrogens (tertiary/aromatic N) is 2. The molecule has 0 radical (unpaired) electrons. The van der Waals surface area contributed by atoms with E-state index in [1.807, 2.05) is 0 Å². The van der Waals surface area contributed by atoms with Crippen molar-refractivity contribution in [2.75, 3.05) is 44.8 Å². The van der Waals surface area contributed by atoms with Gasteiger partial charge in [0, 0.05) is 32.2 Å². The molecule has 0 saturated carbocycles. The molecule has 0 aliphatic heterocycles. The van der Waals surface area contributed by atoms with Gasteiger partial charge in [0.05, 0.1) is 42.2 Å². The number of carboxylic acids is 1. The van der Waals surface area contributed by atoms with Gasteiger partial charge >= 0.3 is 5.97 Å². The molecule has 0 aliphatic rings. The number of carbonyl (C=O) groups excluding carboxylic acids is 1. The predicted octanol–water partition coefficient (Wildman–Crippen LogP) is 1.32. The number of anilines is 1. The van der Waals surface area contributed by atoms with Crippen molar-refractivity contribution in [2.24, 2.45) is 0 Å². The molecule has 13 nitrogen and oxygen atoms in total. The van der Waals surface area contributed by atoms with Crippen LogP contribution >= 0.6 is 0 Å². The van der Waals surface area contributed by atoms with E-state index in [2.05, 4.69) is 10.6 Å². The normalized spacial score (nSPS) is 10.4. The fourth-order valence-corrected chi connectivity index (χ4v) is 2.22. The first-order valence-electron chi connectivity index (χ1n) is 9.12. The monoisotopic (exact) mass is 428 g/mol. The third-order valence-corrected chi connectivity index (χ3v) is 3.68. The summed E-state index contributed by atoms with van der Waals surface area (Å²) in [7, 11) is 0. The van der Waals surface area contributed by atoms with Crippen molar-refractivity contribution in [1.29, 1.82) is 0 Å². The fourth-order valence-electron chi connectivity index (χ4n) is 2.22. The first-order chi connectivity index (χ1) is 14.3. The molecule has 0 spiro atoms.